The van der Waals surface area contributed by atoms with Crippen LogP contribution in [0.5, 0.6) is 17.2 Å². The van der Waals surface area contributed by atoms with Gasteiger partial charge >= 0.3 is 0 Å². The van der Waals surface area contributed by atoms with Crippen molar-refractivity contribution in [2.45, 2.75) is 33.1 Å². The molecule has 0 aliphatic rings. The number of hydrogen-bond acceptors (Lipinski definition) is 6. The van der Waals surface area contributed by atoms with Crippen LogP contribution in [0.25, 0.3) is 11.0 Å². The average molecular weight is 489 g/mol. The minimum Gasteiger partial charge on any atom is -0.494 e. The number of imidazole rings is 1. The van der Waals surface area contributed by atoms with Gasteiger partial charge in [0.15, 0.2) is 6.10 Å². The fraction of sp³-hybridized carbons (Fsp3) is 0.222. The Labute approximate surface area is 209 Å². The molecule has 2 amide bonds. The Bertz CT molecular complexity index is 1310. The van der Waals surface area contributed by atoms with Crippen LogP contribution in [0.3, 0.4) is 0 Å². The summed E-state index contributed by atoms with van der Waals surface area (Å²) in [5, 5.41) is 0. The van der Waals surface area contributed by atoms with E-state index in [1.165, 1.54) is 0 Å². The van der Waals surface area contributed by atoms with Crippen LogP contribution in [0.4, 0.5) is 0 Å². The molecule has 1 unspecified atom stereocenters. The second-order valence-electron chi connectivity index (χ2n) is 7.91. The summed E-state index contributed by atoms with van der Waals surface area (Å²) < 4.78 is 18.7. The number of nitrogens with one attached hydrogen (secondary N) is 2. The molecule has 9 heteroatoms. The first kappa shape index (κ1) is 24.6. The molecule has 0 aliphatic carbocycles. The summed E-state index contributed by atoms with van der Waals surface area (Å²) in [6.07, 6.45) is -0.827. The van der Waals surface area contributed by atoms with E-state index in [1.807, 2.05) is 61.5 Å². The molecule has 0 radical (unpaired) electrons. The van der Waals surface area contributed by atoms with E-state index in [4.69, 9.17) is 14.2 Å². The van der Waals surface area contributed by atoms with Crippen molar-refractivity contribution in [3.05, 3.63) is 84.7 Å². The lowest BCUT2D eigenvalue weighted by molar-refractivity contribution is -0.132. The molecule has 4 rings (SSSR count). The monoisotopic (exact) mass is 488 g/mol. The summed E-state index contributed by atoms with van der Waals surface area (Å²) in [6.45, 7) is 4.20. The van der Waals surface area contributed by atoms with Crippen LogP contribution >= 0.6 is 0 Å². The van der Waals surface area contributed by atoms with E-state index in [9.17, 15) is 9.59 Å². The second kappa shape index (κ2) is 11.7. The van der Waals surface area contributed by atoms with Crippen molar-refractivity contribution in [2.24, 2.45) is 0 Å². The number of ether oxygens (including phenoxy) is 3. The Morgan fingerprint density at radius 2 is 1.53 bits per heavy atom. The Kier molecular flexibility index (Phi) is 8.02. The number of aromatic nitrogens is 2. The number of para-hydroxylation sites is 3. The van der Waals surface area contributed by atoms with E-state index in [1.54, 1.807) is 35.8 Å². The number of carbonyl (C=O) groups is 2. The van der Waals surface area contributed by atoms with Gasteiger partial charge in [-0.3, -0.25) is 20.4 Å². The molecule has 0 saturated carbocycles. The van der Waals surface area contributed by atoms with Gasteiger partial charge in [-0.05, 0) is 62.4 Å². The van der Waals surface area contributed by atoms with E-state index in [2.05, 4.69) is 15.8 Å². The van der Waals surface area contributed by atoms with E-state index in [0.29, 0.717) is 23.9 Å². The summed E-state index contributed by atoms with van der Waals surface area (Å²) in [7, 11) is 0. The maximum atomic E-state index is 12.7. The van der Waals surface area contributed by atoms with E-state index >= 15 is 0 Å². The van der Waals surface area contributed by atoms with Gasteiger partial charge in [-0.25, -0.2) is 4.98 Å². The molecule has 1 aromatic heterocycles. The maximum absolute atomic E-state index is 12.7. The Morgan fingerprint density at radius 1 is 0.861 bits per heavy atom. The number of benzene rings is 3. The summed E-state index contributed by atoms with van der Waals surface area (Å²) in [5.41, 5.74) is 6.41. The highest BCUT2D eigenvalue weighted by Crippen LogP contribution is 2.19. The van der Waals surface area contributed by atoms with E-state index in [-0.39, 0.29) is 13.2 Å². The summed E-state index contributed by atoms with van der Waals surface area (Å²) in [5.74, 6) is 1.62. The molecule has 0 spiro atoms. The van der Waals surface area contributed by atoms with Crippen LogP contribution in [0.2, 0.25) is 0 Å². The summed E-state index contributed by atoms with van der Waals surface area (Å²) in [4.78, 5) is 29.8. The van der Waals surface area contributed by atoms with Crippen molar-refractivity contribution in [2.75, 3.05) is 6.61 Å². The van der Waals surface area contributed by atoms with Crippen LogP contribution in [-0.4, -0.2) is 34.1 Å². The molecule has 36 heavy (non-hydrogen) atoms. The zero-order chi connectivity index (χ0) is 25.3. The molecular weight excluding hydrogens is 460 g/mol. The molecule has 0 fully saturated rings. The minimum absolute atomic E-state index is 0.0532. The molecule has 3 aromatic carbocycles. The van der Waals surface area contributed by atoms with Crippen LogP contribution in [0, 0.1) is 0 Å². The molecule has 0 aliphatic heterocycles. The smallest absolute Gasteiger partial charge is 0.279 e. The van der Waals surface area contributed by atoms with Crippen LogP contribution < -0.4 is 25.1 Å². The highest BCUT2D eigenvalue weighted by Gasteiger charge is 2.18. The predicted molar refractivity (Wildman–Crippen MR) is 134 cm³/mol. The van der Waals surface area contributed by atoms with Gasteiger partial charge in [0, 0.05) is 0 Å². The third-order valence-corrected chi connectivity index (χ3v) is 5.29. The zero-order valence-electron chi connectivity index (χ0n) is 20.1. The number of rotatable bonds is 10. The number of amides is 2. The summed E-state index contributed by atoms with van der Waals surface area (Å²) >= 11 is 0. The van der Waals surface area contributed by atoms with Crippen molar-refractivity contribution in [1.82, 2.24) is 20.4 Å². The topological polar surface area (TPSA) is 104 Å². The quantitative estimate of drug-likeness (QED) is 0.331. The lowest BCUT2D eigenvalue weighted by Crippen LogP contribution is -2.48. The first-order valence-corrected chi connectivity index (χ1v) is 11.6. The zero-order valence-corrected chi connectivity index (χ0v) is 20.1. The van der Waals surface area contributed by atoms with Crippen LogP contribution in [0.15, 0.2) is 78.9 Å². The van der Waals surface area contributed by atoms with E-state index in [0.717, 1.165) is 16.8 Å². The third kappa shape index (κ3) is 6.32. The molecule has 0 saturated heterocycles. The van der Waals surface area contributed by atoms with E-state index < -0.39 is 17.9 Å². The highest BCUT2D eigenvalue weighted by molar-refractivity contribution is 5.85. The van der Waals surface area contributed by atoms with Gasteiger partial charge in [-0.15, -0.1) is 0 Å². The number of nitrogens with zero attached hydrogens (tertiary/aromatic N) is 2. The SMILES string of the molecule is CCOc1ccc(OC(C)C(=O)NNC(=O)Cn2c(COc3ccccc3)nc3ccccc32)cc1. The normalized spacial score (nSPS) is 11.5. The fourth-order valence-corrected chi connectivity index (χ4v) is 3.53. The molecule has 9 nitrogen and oxygen atoms in total. The van der Waals surface area contributed by atoms with Crippen LogP contribution in [-0.2, 0) is 22.7 Å². The number of carbonyl (C=O) groups excluding carboxylic acids is 2. The Morgan fingerprint density at radius 3 is 2.28 bits per heavy atom. The molecule has 186 valence electrons. The molecule has 4 aromatic rings. The van der Waals surface area contributed by atoms with Crippen molar-refractivity contribution in [3.8, 4) is 17.2 Å². The second-order valence-corrected chi connectivity index (χ2v) is 7.91. The Balaban J connectivity index is 1.34. The average Bonchev–Trinajstić information content (AvgIpc) is 3.25. The van der Waals surface area contributed by atoms with Crippen molar-refractivity contribution in [1.29, 1.82) is 0 Å². The van der Waals surface area contributed by atoms with Gasteiger partial charge in [-0.2, -0.15) is 0 Å². The fourth-order valence-electron chi connectivity index (χ4n) is 3.53. The molecule has 1 heterocycles. The van der Waals surface area contributed by atoms with Gasteiger partial charge in [0.1, 0.15) is 36.2 Å². The van der Waals surface area contributed by atoms with Gasteiger partial charge in [0.25, 0.3) is 11.8 Å². The van der Waals surface area contributed by atoms with Gasteiger partial charge in [-0.1, -0.05) is 30.3 Å². The standard InChI is InChI=1S/C27H28N4O5/c1-3-34-21-13-15-22(16-14-21)36-19(2)27(33)30-29-26(32)17-31-24-12-8-7-11-23(24)28-25(31)18-35-20-9-5-4-6-10-20/h4-16,19H,3,17-18H2,1-2H3,(H,29,32)(H,30,33). The van der Waals surface area contributed by atoms with Crippen molar-refractivity contribution >= 4 is 22.8 Å². The summed E-state index contributed by atoms with van der Waals surface area (Å²) in [6, 6.07) is 23.9. The Hall–Kier alpha value is -4.53. The molecular formula is C27H28N4O5. The molecule has 1 atom stereocenters. The molecule has 0 bridgehead atoms. The lowest BCUT2D eigenvalue weighted by atomic mass is 10.3. The first-order valence-electron chi connectivity index (χ1n) is 11.6. The van der Waals surface area contributed by atoms with Crippen molar-refractivity contribution in [3.63, 3.8) is 0 Å². The van der Waals surface area contributed by atoms with Crippen LogP contribution in [0.1, 0.15) is 19.7 Å². The molecule has 2 N–H and O–H groups in total. The highest BCUT2D eigenvalue weighted by atomic mass is 16.5. The first-order chi connectivity index (χ1) is 17.5. The maximum Gasteiger partial charge on any atom is 0.279 e. The predicted octanol–water partition coefficient (Wildman–Crippen LogP) is 3.63. The number of hydrazine groups is 1. The van der Waals surface area contributed by atoms with Gasteiger partial charge in [0.05, 0.1) is 17.6 Å². The number of hydrogen-bond donors (Lipinski definition) is 2. The largest absolute Gasteiger partial charge is 0.494 e. The van der Waals surface area contributed by atoms with Crippen molar-refractivity contribution < 1.29 is 23.8 Å². The lowest BCUT2D eigenvalue weighted by Gasteiger charge is -2.16. The number of fused-ring (bicyclic) bond motifs is 1. The minimum atomic E-state index is -0.827. The third-order valence-electron chi connectivity index (χ3n) is 5.29. The van der Waals surface area contributed by atoms with Gasteiger partial charge < -0.3 is 18.8 Å². The van der Waals surface area contributed by atoms with Gasteiger partial charge in [0.2, 0.25) is 0 Å².